The Kier molecular flexibility index (Phi) is 8.39. The van der Waals surface area contributed by atoms with Gasteiger partial charge in [0.2, 0.25) is 11.8 Å². The fourth-order valence-electron chi connectivity index (χ4n) is 4.19. The van der Waals surface area contributed by atoms with Crippen LogP contribution in [0.2, 0.25) is 0 Å². The highest BCUT2D eigenvalue weighted by Crippen LogP contribution is 2.31. The summed E-state index contributed by atoms with van der Waals surface area (Å²) in [5, 5.41) is 17.4. The molecule has 1 fully saturated rings. The van der Waals surface area contributed by atoms with E-state index in [0.717, 1.165) is 11.1 Å². The molecule has 182 valence electrons. The molecule has 1 aliphatic heterocycles. The topological polar surface area (TPSA) is 105 Å². The number of nitro benzene ring substituents is 1. The normalized spacial score (nSPS) is 16.6. The maximum absolute atomic E-state index is 13.5. The average molecular weight is 467 g/mol. The number of anilines is 1. The molecular formula is C26H34N4O4. The van der Waals surface area contributed by atoms with Crippen molar-refractivity contribution in [3.8, 4) is 0 Å². The number of benzene rings is 2. The number of carbonyl (C=O) groups is 2. The third kappa shape index (κ3) is 6.20. The van der Waals surface area contributed by atoms with Crippen molar-refractivity contribution in [1.82, 2.24) is 10.2 Å². The highest BCUT2D eigenvalue weighted by molar-refractivity contribution is 5.97. The Morgan fingerprint density at radius 1 is 1.06 bits per heavy atom. The van der Waals surface area contributed by atoms with Crippen LogP contribution in [0.1, 0.15) is 50.8 Å². The number of aryl methyl sites for hydroxylation is 1. The van der Waals surface area contributed by atoms with Gasteiger partial charge in [-0.3, -0.25) is 24.6 Å². The number of nitrogens with one attached hydrogen (secondary N) is 2. The van der Waals surface area contributed by atoms with E-state index in [1.807, 2.05) is 37.3 Å². The van der Waals surface area contributed by atoms with Crippen molar-refractivity contribution in [3.05, 3.63) is 69.8 Å². The zero-order valence-electron chi connectivity index (χ0n) is 20.3. The van der Waals surface area contributed by atoms with E-state index >= 15 is 0 Å². The maximum Gasteiger partial charge on any atom is 0.293 e. The fraction of sp³-hybridized carbons (Fsp3) is 0.462. The number of nitrogens with zero attached hydrogens (tertiary/aromatic N) is 2. The number of nitro groups is 1. The first-order chi connectivity index (χ1) is 16.2. The van der Waals surface area contributed by atoms with Crippen molar-refractivity contribution in [2.75, 3.05) is 18.4 Å². The van der Waals surface area contributed by atoms with Gasteiger partial charge < -0.3 is 10.6 Å². The molecule has 2 aromatic carbocycles. The number of hydrogen-bond acceptors (Lipinski definition) is 5. The first-order valence-corrected chi connectivity index (χ1v) is 11.8. The Morgan fingerprint density at radius 2 is 1.71 bits per heavy atom. The predicted octanol–water partition coefficient (Wildman–Crippen LogP) is 4.46. The van der Waals surface area contributed by atoms with Crippen LogP contribution >= 0.6 is 0 Å². The predicted molar refractivity (Wildman–Crippen MR) is 132 cm³/mol. The Balaban J connectivity index is 1.76. The van der Waals surface area contributed by atoms with Crippen LogP contribution in [0.4, 0.5) is 11.4 Å². The summed E-state index contributed by atoms with van der Waals surface area (Å²) in [6, 6.07) is 13.7. The first-order valence-electron chi connectivity index (χ1n) is 11.8. The van der Waals surface area contributed by atoms with Crippen LogP contribution < -0.4 is 10.6 Å². The Hall–Kier alpha value is -3.26. The quantitative estimate of drug-likeness (QED) is 0.442. The van der Waals surface area contributed by atoms with Gasteiger partial charge >= 0.3 is 0 Å². The van der Waals surface area contributed by atoms with Gasteiger partial charge in [0.15, 0.2) is 0 Å². The lowest BCUT2D eigenvalue weighted by Crippen LogP contribution is -2.47. The summed E-state index contributed by atoms with van der Waals surface area (Å²) in [7, 11) is 0. The van der Waals surface area contributed by atoms with Gasteiger partial charge in [0.05, 0.1) is 4.92 Å². The minimum absolute atomic E-state index is 0.0665. The second-order valence-electron chi connectivity index (χ2n) is 9.43. The Morgan fingerprint density at radius 3 is 2.29 bits per heavy atom. The average Bonchev–Trinajstić information content (AvgIpc) is 2.81. The van der Waals surface area contributed by atoms with Crippen molar-refractivity contribution in [2.24, 2.45) is 11.8 Å². The molecule has 3 rings (SSSR count). The van der Waals surface area contributed by atoms with E-state index in [9.17, 15) is 19.7 Å². The fourth-order valence-corrected chi connectivity index (χ4v) is 4.19. The molecule has 2 N–H and O–H groups in total. The van der Waals surface area contributed by atoms with E-state index in [4.69, 9.17) is 0 Å². The van der Waals surface area contributed by atoms with Crippen molar-refractivity contribution in [2.45, 2.75) is 52.6 Å². The maximum atomic E-state index is 13.5. The van der Waals surface area contributed by atoms with Gasteiger partial charge in [0, 0.05) is 18.0 Å². The van der Waals surface area contributed by atoms with Crippen LogP contribution in [0.3, 0.4) is 0 Å². The Labute approximate surface area is 200 Å². The van der Waals surface area contributed by atoms with Crippen molar-refractivity contribution in [3.63, 3.8) is 0 Å². The minimum atomic E-state index is -0.610. The largest absolute Gasteiger partial charge is 0.353 e. The van der Waals surface area contributed by atoms with Crippen LogP contribution in [0, 0.1) is 28.9 Å². The summed E-state index contributed by atoms with van der Waals surface area (Å²) in [6.07, 6.45) is 1.30. The molecule has 0 aromatic heterocycles. The molecular weight excluding hydrogens is 432 g/mol. The summed E-state index contributed by atoms with van der Waals surface area (Å²) >= 11 is 0. The van der Waals surface area contributed by atoms with Gasteiger partial charge in [-0.25, -0.2) is 0 Å². The summed E-state index contributed by atoms with van der Waals surface area (Å²) in [4.78, 5) is 39.2. The second kappa shape index (κ2) is 11.2. The lowest BCUT2D eigenvalue weighted by molar-refractivity contribution is -0.384. The summed E-state index contributed by atoms with van der Waals surface area (Å²) in [5.41, 5.74) is 1.61. The molecule has 8 nitrogen and oxygen atoms in total. The Bertz CT molecular complexity index is 1020. The van der Waals surface area contributed by atoms with E-state index in [0.29, 0.717) is 31.8 Å². The zero-order chi connectivity index (χ0) is 24.8. The van der Waals surface area contributed by atoms with Gasteiger partial charge in [-0.05, 0) is 62.9 Å². The second-order valence-corrected chi connectivity index (χ2v) is 9.43. The molecule has 1 heterocycles. The van der Waals surface area contributed by atoms with Gasteiger partial charge in [-0.2, -0.15) is 0 Å². The summed E-state index contributed by atoms with van der Waals surface area (Å²) in [5.74, 6) is 0.0162. The lowest BCUT2D eigenvalue weighted by Gasteiger charge is -2.37. The highest BCUT2D eigenvalue weighted by Gasteiger charge is 2.34. The van der Waals surface area contributed by atoms with E-state index in [-0.39, 0.29) is 35.1 Å². The number of rotatable bonds is 8. The smallest absolute Gasteiger partial charge is 0.293 e. The summed E-state index contributed by atoms with van der Waals surface area (Å²) in [6.45, 7) is 9.10. The van der Waals surface area contributed by atoms with Crippen LogP contribution in [0.25, 0.3) is 0 Å². The van der Waals surface area contributed by atoms with Crippen LogP contribution in [0.5, 0.6) is 0 Å². The van der Waals surface area contributed by atoms with E-state index < -0.39 is 11.0 Å². The molecule has 2 amide bonds. The zero-order valence-corrected chi connectivity index (χ0v) is 20.3. The van der Waals surface area contributed by atoms with Crippen molar-refractivity contribution in [1.29, 1.82) is 0 Å². The van der Waals surface area contributed by atoms with Gasteiger partial charge in [0.1, 0.15) is 11.7 Å². The molecule has 0 saturated carbocycles. The number of likely N-dealkylation sites (tertiary alicyclic amines) is 1. The SMILES string of the molecule is Cc1ccc(NC(=O)C(c2ccccc2)N2CCC(C(=O)NC(C)C(C)C)CC2)c([N+](=O)[O-])c1. The van der Waals surface area contributed by atoms with Crippen LogP contribution in [-0.2, 0) is 9.59 Å². The number of piperidine rings is 1. The number of hydrogen-bond donors (Lipinski definition) is 2. The molecule has 8 heteroatoms. The molecule has 1 saturated heterocycles. The van der Waals surface area contributed by atoms with Crippen LogP contribution in [-0.4, -0.2) is 40.8 Å². The molecule has 0 bridgehead atoms. The number of carbonyl (C=O) groups excluding carboxylic acids is 2. The van der Waals surface area contributed by atoms with Crippen LogP contribution in [0.15, 0.2) is 48.5 Å². The highest BCUT2D eigenvalue weighted by atomic mass is 16.6. The van der Waals surface area contributed by atoms with Gasteiger partial charge in [-0.1, -0.05) is 50.2 Å². The molecule has 2 aromatic rings. The lowest BCUT2D eigenvalue weighted by atomic mass is 9.92. The molecule has 0 aliphatic carbocycles. The molecule has 0 spiro atoms. The third-order valence-corrected chi connectivity index (χ3v) is 6.61. The van der Waals surface area contributed by atoms with Gasteiger partial charge in [0.25, 0.3) is 5.69 Å². The van der Waals surface area contributed by atoms with Gasteiger partial charge in [-0.15, -0.1) is 0 Å². The molecule has 2 unspecified atom stereocenters. The monoisotopic (exact) mass is 466 g/mol. The molecule has 34 heavy (non-hydrogen) atoms. The molecule has 2 atom stereocenters. The minimum Gasteiger partial charge on any atom is -0.353 e. The molecule has 1 aliphatic rings. The number of amides is 2. The molecule has 0 radical (unpaired) electrons. The first kappa shape index (κ1) is 25.4. The van der Waals surface area contributed by atoms with Crippen molar-refractivity contribution >= 4 is 23.2 Å². The van der Waals surface area contributed by atoms with E-state index in [2.05, 4.69) is 29.4 Å². The standard InChI is InChI=1S/C26H34N4O4/c1-17(2)19(4)27-25(31)21-12-14-29(15-13-21)24(20-8-6-5-7-9-20)26(32)28-22-11-10-18(3)16-23(22)30(33)34/h5-11,16-17,19,21,24H,12-15H2,1-4H3,(H,27,31)(H,28,32). The van der Waals surface area contributed by atoms with Crippen molar-refractivity contribution < 1.29 is 14.5 Å². The summed E-state index contributed by atoms with van der Waals surface area (Å²) < 4.78 is 0. The van der Waals surface area contributed by atoms with E-state index in [1.54, 1.807) is 19.1 Å². The third-order valence-electron chi connectivity index (χ3n) is 6.61. The van der Waals surface area contributed by atoms with E-state index in [1.165, 1.54) is 6.07 Å².